The van der Waals surface area contributed by atoms with Crippen LogP contribution in [0.2, 0.25) is 0 Å². The summed E-state index contributed by atoms with van der Waals surface area (Å²) in [6.07, 6.45) is 2.02. The Morgan fingerprint density at radius 3 is 2.81 bits per heavy atom. The minimum Gasteiger partial charge on any atom is -0.487 e. The van der Waals surface area contributed by atoms with Gasteiger partial charge in [0, 0.05) is 10.7 Å². The number of aldehydes is 1. The summed E-state index contributed by atoms with van der Waals surface area (Å²) >= 11 is 3.31. The number of ether oxygens (including phenoxy) is 1. The molecular weight excluding hydrogens is 339 g/mol. The first-order valence-corrected chi connectivity index (χ1v) is 6.97. The summed E-state index contributed by atoms with van der Waals surface area (Å²) in [6.45, 7) is 0.318. The van der Waals surface area contributed by atoms with E-state index in [1.54, 1.807) is 12.3 Å². The molecule has 0 aliphatic rings. The van der Waals surface area contributed by atoms with Crippen molar-refractivity contribution in [2.75, 3.05) is 0 Å². The smallest absolute Gasteiger partial charge is 0.244 e. The number of hydrogen-bond donors (Lipinski definition) is 0. The Kier molecular flexibility index (Phi) is 3.70. The van der Waals surface area contributed by atoms with Gasteiger partial charge in [-0.3, -0.25) is 4.79 Å². The van der Waals surface area contributed by atoms with Gasteiger partial charge in [-0.25, -0.2) is 4.52 Å². The number of hydrogen-bond acceptors (Lipinski definition) is 3. The van der Waals surface area contributed by atoms with E-state index in [2.05, 4.69) is 21.0 Å². The van der Waals surface area contributed by atoms with Crippen molar-refractivity contribution in [3.63, 3.8) is 0 Å². The zero-order valence-corrected chi connectivity index (χ0v) is 12.4. The fourth-order valence-electron chi connectivity index (χ4n) is 2.06. The van der Waals surface area contributed by atoms with Crippen LogP contribution in [-0.2, 0) is 6.61 Å². The van der Waals surface area contributed by atoms with Crippen molar-refractivity contribution < 1.29 is 13.9 Å². The number of pyridine rings is 1. The topological polar surface area (TPSA) is 43.6 Å². The van der Waals surface area contributed by atoms with Gasteiger partial charge in [0.2, 0.25) is 5.95 Å². The minimum atomic E-state index is -0.812. The highest BCUT2D eigenvalue weighted by molar-refractivity contribution is 9.10. The number of rotatable bonds is 4. The fourth-order valence-corrected chi connectivity index (χ4v) is 2.46. The average molecular weight is 349 g/mol. The molecule has 0 radical (unpaired) electrons. The molecule has 6 heteroatoms. The van der Waals surface area contributed by atoms with Crippen molar-refractivity contribution in [1.82, 2.24) is 9.61 Å². The number of aromatic nitrogens is 2. The zero-order chi connectivity index (χ0) is 14.8. The minimum absolute atomic E-state index is 0.106. The molecule has 0 N–H and O–H groups in total. The highest BCUT2D eigenvalue weighted by atomic mass is 79.9. The lowest BCUT2D eigenvalue weighted by Gasteiger charge is -2.09. The Labute approximate surface area is 128 Å². The van der Waals surface area contributed by atoms with E-state index < -0.39 is 5.95 Å². The van der Waals surface area contributed by atoms with Gasteiger partial charge in [0.1, 0.15) is 23.4 Å². The summed E-state index contributed by atoms with van der Waals surface area (Å²) in [7, 11) is 0. The Hall–Kier alpha value is -2.21. The van der Waals surface area contributed by atoms with Crippen LogP contribution < -0.4 is 4.74 Å². The molecule has 0 amide bonds. The summed E-state index contributed by atoms with van der Waals surface area (Å²) in [5.74, 6) is -0.417. The van der Waals surface area contributed by atoms with E-state index in [4.69, 9.17) is 4.74 Å². The summed E-state index contributed by atoms with van der Waals surface area (Å²) in [6, 6.07) is 11.3. The molecule has 0 saturated carbocycles. The molecule has 106 valence electrons. The maximum atomic E-state index is 13.6. The van der Waals surface area contributed by atoms with Crippen molar-refractivity contribution in [3.8, 4) is 5.75 Å². The molecule has 0 aliphatic carbocycles. The second kappa shape index (κ2) is 5.65. The van der Waals surface area contributed by atoms with E-state index in [1.165, 1.54) is 4.52 Å². The number of fused-ring (bicyclic) bond motifs is 1. The highest BCUT2D eigenvalue weighted by Gasteiger charge is 2.17. The Bertz CT molecular complexity index is 802. The first-order valence-electron chi connectivity index (χ1n) is 6.18. The SMILES string of the molecule is O=Cc1c(F)nn2cc(Br)cc(OCc3ccccc3)c12. The van der Waals surface area contributed by atoms with E-state index in [-0.39, 0.29) is 5.56 Å². The predicted molar refractivity (Wildman–Crippen MR) is 79.0 cm³/mol. The first-order chi connectivity index (χ1) is 10.2. The lowest BCUT2D eigenvalue weighted by Crippen LogP contribution is -1.99. The third-order valence-electron chi connectivity index (χ3n) is 3.01. The third-order valence-corrected chi connectivity index (χ3v) is 3.44. The Balaban J connectivity index is 2.02. The van der Waals surface area contributed by atoms with Crippen LogP contribution in [0.1, 0.15) is 15.9 Å². The molecule has 0 aliphatic heterocycles. The Morgan fingerprint density at radius 2 is 2.10 bits per heavy atom. The second-order valence-electron chi connectivity index (χ2n) is 4.41. The van der Waals surface area contributed by atoms with Gasteiger partial charge in [-0.1, -0.05) is 30.3 Å². The van der Waals surface area contributed by atoms with E-state index in [0.29, 0.717) is 28.6 Å². The van der Waals surface area contributed by atoms with Gasteiger partial charge in [0.15, 0.2) is 6.29 Å². The lowest BCUT2D eigenvalue weighted by molar-refractivity contribution is 0.112. The summed E-state index contributed by atoms with van der Waals surface area (Å²) < 4.78 is 21.3. The van der Waals surface area contributed by atoms with Gasteiger partial charge in [0.05, 0.1) is 0 Å². The van der Waals surface area contributed by atoms with Crippen LogP contribution >= 0.6 is 15.9 Å². The quantitative estimate of drug-likeness (QED) is 0.676. The molecule has 0 bridgehead atoms. The molecule has 0 atom stereocenters. The molecule has 0 saturated heterocycles. The molecular formula is C15H10BrFN2O2. The summed E-state index contributed by atoms with van der Waals surface area (Å²) in [5.41, 5.74) is 1.19. The van der Waals surface area contributed by atoms with Crippen LogP contribution in [0.5, 0.6) is 5.75 Å². The van der Waals surface area contributed by atoms with Crippen LogP contribution in [0.4, 0.5) is 4.39 Å². The van der Waals surface area contributed by atoms with Crippen LogP contribution in [0.25, 0.3) is 5.52 Å². The van der Waals surface area contributed by atoms with Crippen molar-refractivity contribution >= 4 is 27.7 Å². The van der Waals surface area contributed by atoms with Gasteiger partial charge >= 0.3 is 0 Å². The number of nitrogens with zero attached hydrogens (tertiary/aromatic N) is 2. The van der Waals surface area contributed by atoms with Crippen LogP contribution in [0.15, 0.2) is 47.1 Å². The third kappa shape index (κ3) is 2.67. The first kappa shape index (κ1) is 13.8. The molecule has 3 rings (SSSR count). The molecule has 21 heavy (non-hydrogen) atoms. The largest absolute Gasteiger partial charge is 0.487 e. The summed E-state index contributed by atoms with van der Waals surface area (Å²) in [4.78, 5) is 11.1. The van der Waals surface area contributed by atoms with E-state index in [9.17, 15) is 9.18 Å². The molecule has 3 aromatic rings. The maximum absolute atomic E-state index is 13.6. The molecule has 4 nitrogen and oxygen atoms in total. The second-order valence-corrected chi connectivity index (χ2v) is 5.33. The molecule has 0 unspecified atom stereocenters. The van der Waals surface area contributed by atoms with E-state index in [1.807, 2.05) is 30.3 Å². The molecule has 2 heterocycles. The van der Waals surface area contributed by atoms with Crippen molar-refractivity contribution in [2.45, 2.75) is 6.61 Å². The zero-order valence-electron chi connectivity index (χ0n) is 10.8. The molecule has 1 aromatic carbocycles. The normalized spacial score (nSPS) is 10.8. The van der Waals surface area contributed by atoms with Gasteiger partial charge in [0.25, 0.3) is 0 Å². The van der Waals surface area contributed by atoms with Crippen LogP contribution in [0, 0.1) is 5.95 Å². The van der Waals surface area contributed by atoms with Crippen LogP contribution in [0.3, 0.4) is 0 Å². The molecule has 0 fully saturated rings. The predicted octanol–water partition coefficient (Wildman–Crippen LogP) is 3.63. The van der Waals surface area contributed by atoms with E-state index in [0.717, 1.165) is 5.56 Å². The van der Waals surface area contributed by atoms with Crippen LogP contribution in [-0.4, -0.2) is 15.9 Å². The van der Waals surface area contributed by atoms with Crippen molar-refractivity contribution in [2.24, 2.45) is 0 Å². The average Bonchev–Trinajstić information content (AvgIpc) is 2.80. The highest BCUT2D eigenvalue weighted by Crippen LogP contribution is 2.28. The monoisotopic (exact) mass is 348 g/mol. The van der Waals surface area contributed by atoms with Gasteiger partial charge in [-0.15, -0.1) is 5.10 Å². The standard InChI is InChI=1S/C15H10BrFN2O2/c16-11-6-13(21-9-10-4-2-1-3-5-10)14-12(8-20)15(17)18-19(14)7-11/h1-8H,9H2. The Morgan fingerprint density at radius 1 is 1.33 bits per heavy atom. The maximum Gasteiger partial charge on any atom is 0.244 e. The number of carbonyl (C=O) groups excluding carboxylic acids is 1. The number of carbonyl (C=O) groups is 1. The number of benzene rings is 1. The van der Waals surface area contributed by atoms with Gasteiger partial charge < -0.3 is 4.74 Å². The van der Waals surface area contributed by atoms with E-state index >= 15 is 0 Å². The van der Waals surface area contributed by atoms with Gasteiger partial charge in [-0.2, -0.15) is 4.39 Å². The van der Waals surface area contributed by atoms with Crippen molar-refractivity contribution in [3.05, 3.63) is 64.1 Å². The van der Waals surface area contributed by atoms with Crippen molar-refractivity contribution in [1.29, 1.82) is 0 Å². The lowest BCUT2D eigenvalue weighted by atomic mass is 10.2. The molecule has 2 aromatic heterocycles. The molecule has 0 spiro atoms. The summed E-state index contributed by atoms with van der Waals surface area (Å²) in [5, 5.41) is 3.67. The number of halogens is 2. The van der Waals surface area contributed by atoms with Gasteiger partial charge in [-0.05, 0) is 27.6 Å². The fraction of sp³-hybridized carbons (Fsp3) is 0.0667.